The Morgan fingerprint density at radius 2 is 1.67 bits per heavy atom. The lowest BCUT2D eigenvalue weighted by atomic mass is 10.2. The van der Waals surface area contributed by atoms with Crippen LogP contribution >= 0.6 is 0 Å². The molecular formula is C12H14O3. The average molecular weight is 206 g/mol. The van der Waals surface area contributed by atoms with E-state index in [2.05, 4.69) is 0 Å². The van der Waals surface area contributed by atoms with Gasteiger partial charge in [-0.25, -0.2) is 0 Å². The van der Waals surface area contributed by atoms with Gasteiger partial charge >= 0.3 is 0 Å². The minimum absolute atomic E-state index is 0.272. The van der Waals surface area contributed by atoms with Crippen LogP contribution in [0.25, 0.3) is 0 Å². The first-order valence-electron chi connectivity index (χ1n) is 4.92. The number of rotatable bonds is 2. The molecule has 1 aliphatic rings. The molecule has 0 amide bonds. The minimum atomic E-state index is -0.272. The van der Waals surface area contributed by atoms with Gasteiger partial charge in [-0.05, 0) is 12.1 Å². The Labute approximate surface area is 89.3 Å². The van der Waals surface area contributed by atoms with Crippen molar-refractivity contribution in [3.05, 3.63) is 42.0 Å². The van der Waals surface area contributed by atoms with Gasteiger partial charge in [0.05, 0.1) is 20.3 Å². The third kappa shape index (κ3) is 2.58. The first-order chi connectivity index (χ1) is 7.40. The molecule has 3 nitrogen and oxygen atoms in total. The van der Waals surface area contributed by atoms with Crippen LogP contribution in [-0.4, -0.2) is 20.3 Å². The second kappa shape index (κ2) is 4.96. The summed E-state index contributed by atoms with van der Waals surface area (Å²) in [5.74, 6) is 0.838. The Morgan fingerprint density at radius 3 is 2.20 bits per heavy atom. The summed E-state index contributed by atoms with van der Waals surface area (Å²) < 4.78 is 16.1. The maximum atomic E-state index is 5.51. The van der Waals surface area contributed by atoms with Gasteiger partial charge < -0.3 is 14.2 Å². The minimum Gasteiger partial charge on any atom is -0.497 e. The van der Waals surface area contributed by atoms with E-state index >= 15 is 0 Å². The fraction of sp³-hybridized carbons (Fsp3) is 0.333. The van der Waals surface area contributed by atoms with Crippen LogP contribution < -0.4 is 4.74 Å². The Bertz CT molecular complexity index is 319. The number of hydrogen-bond donors (Lipinski definition) is 0. The SMILES string of the molecule is COc1ccc(C2OCC=CCO2)cc1. The molecule has 1 aliphatic heterocycles. The number of methoxy groups -OCH3 is 1. The van der Waals surface area contributed by atoms with Gasteiger partial charge in [-0.3, -0.25) is 0 Å². The maximum Gasteiger partial charge on any atom is 0.184 e. The Hall–Kier alpha value is -1.32. The molecular weight excluding hydrogens is 192 g/mol. The Kier molecular flexibility index (Phi) is 3.37. The topological polar surface area (TPSA) is 27.7 Å². The van der Waals surface area contributed by atoms with E-state index in [1.165, 1.54) is 0 Å². The molecule has 0 radical (unpaired) electrons. The van der Waals surface area contributed by atoms with E-state index < -0.39 is 0 Å². The first-order valence-corrected chi connectivity index (χ1v) is 4.92. The molecule has 80 valence electrons. The van der Waals surface area contributed by atoms with Crippen LogP contribution in [0.1, 0.15) is 11.9 Å². The largest absolute Gasteiger partial charge is 0.497 e. The highest BCUT2D eigenvalue weighted by atomic mass is 16.7. The van der Waals surface area contributed by atoms with Crippen LogP contribution in [0.2, 0.25) is 0 Å². The van der Waals surface area contributed by atoms with Crippen LogP contribution in [0.3, 0.4) is 0 Å². The average Bonchev–Trinajstić information content (AvgIpc) is 2.58. The highest BCUT2D eigenvalue weighted by molar-refractivity contribution is 5.27. The van der Waals surface area contributed by atoms with Crippen molar-refractivity contribution in [1.29, 1.82) is 0 Å². The predicted octanol–water partition coefficient (Wildman–Crippen LogP) is 2.30. The molecule has 0 aromatic heterocycles. The standard InChI is InChI=1S/C12H14O3/c1-13-11-6-4-10(5-7-11)12-14-8-2-3-9-15-12/h2-7,12H,8-9H2,1H3. The van der Waals surface area contributed by atoms with Crippen LogP contribution in [0.5, 0.6) is 5.75 Å². The van der Waals surface area contributed by atoms with Gasteiger partial charge in [0.1, 0.15) is 5.75 Å². The van der Waals surface area contributed by atoms with Crippen molar-refractivity contribution in [2.75, 3.05) is 20.3 Å². The monoisotopic (exact) mass is 206 g/mol. The molecule has 0 saturated carbocycles. The van der Waals surface area contributed by atoms with Crippen molar-refractivity contribution in [2.45, 2.75) is 6.29 Å². The van der Waals surface area contributed by atoms with Crippen molar-refractivity contribution < 1.29 is 14.2 Å². The quantitative estimate of drug-likeness (QED) is 0.695. The molecule has 1 aromatic rings. The van der Waals surface area contributed by atoms with E-state index in [1.807, 2.05) is 36.4 Å². The lowest BCUT2D eigenvalue weighted by molar-refractivity contribution is -0.125. The van der Waals surface area contributed by atoms with E-state index in [9.17, 15) is 0 Å². The molecule has 0 aliphatic carbocycles. The first kappa shape index (κ1) is 10.2. The van der Waals surface area contributed by atoms with Crippen molar-refractivity contribution in [1.82, 2.24) is 0 Å². The predicted molar refractivity (Wildman–Crippen MR) is 56.8 cm³/mol. The Balaban J connectivity index is 2.07. The van der Waals surface area contributed by atoms with Gasteiger partial charge in [0, 0.05) is 5.56 Å². The number of benzene rings is 1. The van der Waals surface area contributed by atoms with E-state index in [-0.39, 0.29) is 6.29 Å². The van der Waals surface area contributed by atoms with Crippen molar-refractivity contribution in [3.8, 4) is 5.75 Å². The molecule has 2 rings (SSSR count). The van der Waals surface area contributed by atoms with Crippen molar-refractivity contribution in [2.24, 2.45) is 0 Å². The second-order valence-corrected chi connectivity index (χ2v) is 3.24. The van der Waals surface area contributed by atoms with Gasteiger partial charge in [0.2, 0.25) is 0 Å². The lowest BCUT2D eigenvalue weighted by Gasteiger charge is -2.15. The third-order valence-electron chi connectivity index (χ3n) is 2.24. The zero-order valence-corrected chi connectivity index (χ0v) is 8.68. The zero-order valence-electron chi connectivity index (χ0n) is 8.68. The number of ether oxygens (including phenoxy) is 3. The smallest absolute Gasteiger partial charge is 0.184 e. The molecule has 3 heteroatoms. The summed E-state index contributed by atoms with van der Waals surface area (Å²) in [4.78, 5) is 0. The molecule has 0 saturated heterocycles. The van der Waals surface area contributed by atoms with Crippen LogP contribution in [0, 0.1) is 0 Å². The zero-order chi connectivity index (χ0) is 10.5. The van der Waals surface area contributed by atoms with E-state index in [0.717, 1.165) is 11.3 Å². The van der Waals surface area contributed by atoms with Gasteiger partial charge in [0.25, 0.3) is 0 Å². The molecule has 0 atom stereocenters. The van der Waals surface area contributed by atoms with E-state index in [1.54, 1.807) is 7.11 Å². The summed E-state index contributed by atoms with van der Waals surface area (Å²) in [6.07, 6.45) is 3.65. The fourth-order valence-electron chi connectivity index (χ4n) is 1.42. The molecule has 1 aromatic carbocycles. The van der Waals surface area contributed by atoms with Gasteiger partial charge in [-0.1, -0.05) is 24.3 Å². The van der Waals surface area contributed by atoms with Crippen LogP contribution in [0.4, 0.5) is 0 Å². The number of hydrogen-bond acceptors (Lipinski definition) is 3. The molecule has 15 heavy (non-hydrogen) atoms. The fourth-order valence-corrected chi connectivity index (χ4v) is 1.42. The second-order valence-electron chi connectivity index (χ2n) is 3.24. The van der Waals surface area contributed by atoms with E-state index in [0.29, 0.717) is 13.2 Å². The summed E-state index contributed by atoms with van der Waals surface area (Å²) in [5, 5.41) is 0. The maximum absolute atomic E-state index is 5.51. The molecule has 0 bridgehead atoms. The Morgan fingerprint density at radius 1 is 1.07 bits per heavy atom. The molecule has 0 N–H and O–H groups in total. The summed E-state index contributed by atoms with van der Waals surface area (Å²) in [7, 11) is 1.65. The van der Waals surface area contributed by atoms with Gasteiger partial charge in [-0.2, -0.15) is 0 Å². The molecule has 0 unspecified atom stereocenters. The summed E-state index contributed by atoms with van der Waals surface area (Å²) in [5.41, 5.74) is 1.01. The normalized spacial score (nSPS) is 17.4. The van der Waals surface area contributed by atoms with Gasteiger partial charge in [0.15, 0.2) is 6.29 Å². The van der Waals surface area contributed by atoms with Crippen molar-refractivity contribution >= 4 is 0 Å². The molecule has 0 fully saturated rings. The van der Waals surface area contributed by atoms with Gasteiger partial charge in [-0.15, -0.1) is 0 Å². The highest BCUT2D eigenvalue weighted by Gasteiger charge is 2.12. The summed E-state index contributed by atoms with van der Waals surface area (Å²) in [6, 6.07) is 7.71. The van der Waals surface area contributed by atoms with Crippen molar-refractivity contribution in [3.63, 3.8) is 0 Å². The van der Waals surface area contributed by atoms with Crippen LogP contribution in [0.15, 0.2) is 36.4 Å². The highest BCUT2D eigenvalue weighted by Crippen LogP contribution is 2.22. The lowest BCUT2D eigenvalue weighted by Crippen LogP contribution is -2.06. The van der Waals surface area contributed by atoms with E-state index in [4.69, 9.17) is 14.2 Å². The van der Waals surface area contributed by atoms with Crippen LogP contribution in [-0.2, 0) is 9.47 Å². The summed E-state index contributed by atoms with van der Waals surface area (Å²) >= 11 is 0. The summed E-state index contributed by atoms with van der Waals surface area (Å²) in [6.45, 7) is 1.19. The third-order valence-corrected chi connectivity index (χ3v) is 2.24. The molecule has 1 heterocycles. The molecule has 0 spiro atoms.